The molecule has 108 valence electrons. The van der Waals surface area contributed by atoms with Crippen molar-refractivity contribution in [1.82, 2.24) is 0 Å². The summed E-state index contributed by atoms with van der Waals surface area (Å²) in [7, 11) is 1.66. The lowest BCUT2D eigenvalue weighted by Crippen LogP contribution is -2.21. The van der Waals surface area contributed by atoms with Gasteiger partial charge in [0.15, 0.2) is 6.29 Å². The van der Waals surface area contributed by atoms with Crippen molar-refractivity contribution in [2.24, 2.45) is 0 Å². The zero-order valence-electron chi connectivity index (χ0n) is 11.7. The first-order chi connectivity index (χ1) is 9.21. The predicted molar refractivity (Wildman–Crippen MR) is 80.8 cm³/mol. The lowest BCUT2D eigenvalue weighted by Gasteiger charge is -2.18. The Kier molecular flexibility index (Phi) is 7.86. The average molecular weight is 332 g/mol. The minimum atomic E-state index is -0.152. The number of methoxy groups -OCH3 is 1. The van der Waals surface area contributed by atoms with E-state index >= 15 is 0 Å². The van der Waals surface area contributed by atoms with Crippen LogP contribution in [0.1, 0.15) is 20.3 Å². The Labute approximate surface area is 123 Å². The van der Waals surface area contributed by atoms with E-state index in [-0.39, 0.29) is 6.29 Å². The molecule has 0 amide bonds. The van der Waals surface area contributed by atoms with Crippen molar-refractivity contribution in [2.75, 3.05) is 32.2 Å². The van der Waals surface area contributed by atoms with Crippen LogP contribution in [0.5, 0.6) is 5.75 Å². The monoisotopic (exact) mass is 331 g/mol. The van der Waals surface area contributed by atoms with Gasteiger partial charge < -0.3 is 19.5 Å². The van der Waals surface area contributed by atoms with Crippen molar-refractivity contribution in [3.8, 4) is 5.75 Å². The first-order valence-electron chi connectivity index (χ1n) is 6.51. The molecule has 0 atom stereocenters. The normalized spacial score (nSPS) is 10.8. The highest BCUT2D eigenvalue weighted by atomic mass is 79.9. The maximum absolute atomic E-state index is 5.50. The summed E-state index contributed by atoms with van der Waals surface area (Å²) in [5.74, 6) is 0.826. The number of anilines is 1. The van der Waals surface area contributed by atoms with E-state index in [2.05, 4.69) is 21.2 Å². The molecule has 1 aromatic rings. The maximum atomic E-state index is 5.50. The molecule has 0 bridgehead atoms. The number of benzene rings is 1. The van der Waals surface area contributed by atoms with Crippen LogP contribution in [-0.2, 0) is 9.47 Å². The fraction of sp³-hybridized carbons (Fsp3) is 0.571. The first-order valence-corrected chi connectivity index (χ1v) is 7.31. The van der Waals surface area contributed by atoms with Gasteiger partial charge in [0, 0.05) is 30.7 Å². The molecule has 0 aliphatic heterocycles. The van der Waals surface area contributed by atoms with Crippen LogP contribution in [0.2, 0.25) is 0 Å². The summed E-state index contributed by atoms with van der Waals surface area (Å²) in [5.41, 5.74) is 0.962. The van der Waals surface area contributed by atoms with Crippen LogP contribution in [0, 0.1) is 0 Å². The molecule has 0 heterocycles. The zero-order chi connectivity index (χ0) is 14.1. The zero-order valence-corrected chi connectivity index (χ0v) is 13.3. The van der Waals surface area contributed by atoms with E-state index in [4.69, 9.17) is 14.2 Å². The van der Waals surface area contributed by atoms with Crippen molar-refractivity contribution in [1.29, 1.82) is 0 Å². The Balaban J connectivity index is 2.49. The number of rotatable bonds is 9. The summed E-state index contributed by atoms with van der Waals surface area (Å²) in [6.07, 6.45) is 0.637. The van der Waals surface area contributed by atoms with Crippen LogP contribution in [0.4, 0.5) is 5.69 Å². The van der Waals surface area contributed by atoms with E-state index in [1.54, 1.807) is 7.11 Å². The average Bonchev–Trinajstić information content (AvgIpc) is 2.39. The second kappa shape index (κ2) is 9.18. The molecule has 0 fully saturated rings. The molecule has 0 spiro atoms. The van der Waals surface area contributed by atoms with Gasteiger partial charge in [0.1, 0.15) is 5.75 Å². The van der Waals surface area contributed by atoms with Gasteiger partial charge in [0.25, 0.3) is 0 Å². The highest BCUT2D eigenvalue weighted by Crippen LogP contribution is 2.27. The van der Waals surface area contributed by atoms with Crippen LogP contribution in [0.25, 0.3) is 0 Å². The quantitative estimate of drug-likeness (QED) is 0.701. The molecule has 0 aliphatic rings. The Bertz CT molecular complexity index is 368. The van der Waals surface area contributed by atoms with Crippen molar-refractivity contribution in [3.05, 3.63) is 22.7 Å². The van der Waals surface area contributed by atoms with E-state index in [0.29, 0.717) is 13.2 Å². The molecule has 5 heteroatoms. The van der Waals surface area contributed by atoms with Crippen LogP contribution in [-0.4, -0.2) is 33.2 Å². The summed E-state index contributed by atoms with van der Waals surface area (Å²) < 4.78 is 17.3. The van der Waals surface area contributed by atoms with Gasteiger partial charge in [-0.3, -0.25) is 0 Å². The Morgan fingerprint density at radius 2 is 1.89 bits per heavy atom. The number of ether oxygens (including phenoxy) is 3. The van der Waals surface area contributed by atoms with Gasteiger partial charge in [0.2, 0.25) is 0 Å². The van der Waals surface area contributed by atoms with E-state index < -0.39 is 0 Å². The Morgan fingerprint density at radius 3 is 2.47 bits per heavy atom. The standard InChI is InChI=1S/C14H22BrNO3/c1-4-18-14(19-5-2)8-9-16-12-10-11(15)6-7-13(12)17-3/h6-7,10,14,16H,4-5,8-9H2,1-3H3. The molecular weight excluding hydrogens is 310 g/mol. The van der Waals surface area contributed by atoms with Crippen LogP contribution in [0.3, 0.4) is 0 Å². The first kappa shape index (κ1) is 16.3. The summed E-state index contributed by atoms with van der Waals surface area (Å²) in [6.45, 7) is 6.01. The van der Waals surface area contributed by atoms with E-state index in [9.17, 15) is 0 Å². The third-order valence-electron chi connectivity index (χ3n) is 2.56. The van der Waals surface area contributed by atoms with Crippen molar-refractivity contribution < 1.29 is 14.2 Å². The minimum absolute atomic E-state index is 0.152. The Hall–Kier alpha value is -0.780. The van der Waals surface area contributed by atoms with Gasteiger partial charge in [0.05, 0.1) is 12.8 Å². The van der Waals surface area contributed by atoms with Gasteiger partial charge in [-0.2, -0.15) is 0 Å². The van der Waals surface area contributed by atoms with E-state index in [1.165, 1.54) is 0 Å². The lowest BCUT2D eigenvalue weighted by atomic mass is 10.3. The minimum Gasteiger partial charge on any atom is -0.495 e. The SMILES string of the molecule is CCOC(CCNc1cc(Br)ccc1OC)OCC. The number of halogens is 1. The fourth-order valence-corrected chi connectivity index (χ4v) is 2.09. The number of hydrogen-bond acceptors (Lipinski definition) is 4. The molecule has 0 aromatic heterocycles. The second-order valence-corrected chi connectivity index (χ2v) is 4.82. The largest absolute Gasteiger partial charge is 0.495 e. The lowest BCUT2D eigenvalue weighted by molar-refractivity contribution is -0.137. The van der Waals surface area contributed by atoms with Crippen molar-refractivity contribution in [3.63, 3.8) is 0 Å². The summed E-state index contributed by atoms with van der Waals surface area (Å²) in [6, 6.07) is 5.87. The second-order valence-electron chi connectivity index (χ2n) is 3.90. The number of hydrogen-bond donors (Lipinski definition) is 1. The Morgan fingerprint density at radius 1 is 1.21 bits per heavy atom. The molecule has 0 saturated carbocycles. The van der Waals surface area contributed by atoms with Gasteiger partial charge in [-0.15, -0.1) is 0 Å². The highest BCUT2D eigenvalue weighted by molar-refractivity contribution is 9.10. The highest BCUT2D eigenvalue weighted by Gasteiger charge is 2.08. The molecule has 1 rings (SSSR count). The molecule has 4 nitrogen and oxygen atoms in total. The summed E-state index contributed by atoms with van der Waals surface area (Å²) >= 11 is 3.45. The smallest absolute Gasteiger partial charge is 0.159 e. The third-order valence-corrected chi connectivity index (χ3v) is 3.06. The van der Waals surface area contributed by atoms with Crippen LogP contribution < -0.4 is 10.1 Å². The van der Waals surface area contributed by atoms with E-state index in [0.717, 1.165) is 28.9 Å². The number of nitrogens with one attached hydrogen (secondary N) is 1. The molecule has 0 unspecified atom stereocenters. The van der Waals surface area contributed by atoms with E-state index in [1.807, 2.05) is 32.0 Å². The molecular formula is C14H22BrNO3. The molecule has 0 aliphatic carbocycles. The van der Waals surface area contributed by atoms with Gasteiger partial charge in [-0.1, -0.05) is 15.9 Å². The fourth-order valence-electron chi connectivity index (χ4n) is 1.73. The molecule has 0 radical (unpaired) electrons. The van der Waals surface area contributed by atoms with Gasteiger partial charge in [-0.25, -0.2) is 0 Å². The maximum Gasteiger partial charge on any atom is 0.159 e. The summed E-state index contributed by atoms with van der Waals surface area (Å²) in [5, 5.41) is 3.34. The topological polar surface area (TPSA) is 39.7 Å². The molecule has 0 saturated heterocycles. The molecule has 1 aromatic carbocycles. The third kappa shape index (κ3) is 5.80. The predicted octanol–water partition coefficient (Wildman–Crippen LogP) is 3.66. The van der Waals surface area contributed by atoms with Crippen LogP contribution >= 0.6 is 15.9 Å². The molecule has 19 heavy (non-hydrogen) atoms. The van der Waals surface area contributed by atoms with Gasteiger partial charge >= 0.3 is 0 Å². The molecule has 1 N–H and O–H groups in total. The van der Waals surface area contributed by atoms with Crippen molar-refractivity contribution in [2.45, 2.75) is 26.6 Å². The summed E-state index contributed by atoms with van der Waals surface area (Å²) in [4.78, 5) is 0. The van der Waals surface area contributed by atoms with Crippen molar-refractivity contribution >= 4 is 21.6 Å². The van der Waals surface area contributed by atoms with Gasteiger partial charge in [-0.05, 0) is 32.0 Å². The van der Waals surface area contributed by atoms with Crippen LogP contribution in [0.15, 0.2) is 22.7 Å².